The van der Waals surface area contributed by atoms with Gasteiger partial charge in [0.2, 0.25) is 5.43 Å². The molecule has 0 saturated heterocycles. The number of nitrogens with one attached hydrogen (secondary N) is 1. The van der Waals surface area contributed by atoms with Gasteiger partial charge in [-0.3, -0.25) is 9.59 Å². The number of hydrogen-bond donors (Lipinski definition) is 1. The van der Waals surface area contributed by atoms with Crippen LogP contribution in [0.4, 0.5) is 5.69 Å². The molecule has 1 N–H and O–H groups in total. The molecule has 0 aromatic carbocycles. The Labute approximate surface area is 177 Å². The first-order chi connectivity index (χ1) is 14.9. The van der Waals surface area contributed by atoms with Crippen molar-refractivity contribution in [3.8, 4) is 0 Å². The van der Waals surface area contributed by atoms with Crippen molar-refractivity contribution >= 4 is 34.1 Å². The number of carbonyl (C=O) groups is 2. The van der Waals surface area contributed by atoms with Crippen LogP contribution < -0.4 is 10.7 Å². The molecule has 0 atom stereocenters. The van der Waals surface area contributed by atoms with Gasteiger partial charge in [0.05, 0.1) is 23.7 Å². The van der Waals surface area contributed by atoms with Crippen molar-refractivity contribution < 1.29 is 14.3 Å². The second-order valence-corrected chi connectivity index (χ2v) is 6.96. The van der Waals surface area contributed by atoms with Crippen LogP contribution in [0.5, 0.6) is 0 Å². The molecular weight excluding hydrogens is 398 g/mol. The molecule has 0 saturated carbocycles. The van der Waals surface area contributed by atoms with Gasteiger partial charge in [-0.1, -0.05) is 0 Å². The first-order valence-electron chi connectivity index (χ1n) is 9.89. The molecule has 9 heteroatoms. The number of nitrogens with zero attached hydrogens (tertiary/aromatic N) is 4. The minimum atomic E-state index is -0.545. The maximum absolute atomic E-state index is 13.0. The molecular formula is C22H21N5O4. The van der Waals surface area contributed by atoms with Crippen molar-refractivity contribution in [3.05, 3.63) is 69.9 Å². The zero-order valence-corrected chi connectivity index (χ0v) is 17.4. The molecule has 4 aromatic heterocycles. The van der Waals surface area contributed by atoms with Gasteiger partial charge in [-0.15, -0.1) is 0 Å². The van der Waals surface area contributed by atoms with E-state index >= 15 is 0 Å². The molecule has 0 bridgehead atoms. The number of carbonyl (C=O) groups excluding carboxylic acids is 2. The van der Waals surface area contributed by atoms with Gasteiger partial charge in [0.15, 0.2) is 0 Å². The summed E-state index contributed by atoms with van der Waals surface area (Å²) in [4.78, 5) is 42.5. The fourth-order valence-electron chi connectivity index (χ4n) is 3.39. The van der Waals surface area contributed by atoms with Crippen LogP contribution in [0.2, 0.25) is 0 Å². The molecule has 0 spiro atoms. The molecule has 4 aromatic rings. The number of esters is 1. The Balaban J connectivity index is 1.72. The Morgan fingerprint density at radius 3 is 2.71 bits per heavy atom. The molecule has 158 valence electrons. The van der Waals surface area contributed by atoms with Crippen molar-refractivity contribution in [2.24, 2.45) is 0 Å². The largest absolute Gasteiger partial charge is 0.462 e. The van der Waals surface area contributed by atoms with E-state index in [1.165, 1.54) is 16.9 Å². The quantitative estimate of drug-likeness (QED) is 0.499. The van der Waals surface area contributed by atoms with Crippen molar-refractivity contribution in [2.45, 2.75) is 27.3 Å². The SMILES string of the molecule is CCOC(=O)c1cnn2ccc(NC(=O)c3cn(CC)c4nc(C)ccc4c3=O)cc12. The van der Waals surface area contributed by atoms with E-state index in [0.29, 0.717) is 34.3 Å². The summed E-state index contributed by atoms with van der Waals surface area (Å²) >= 11 is 0. The standard InChI is InChI=1S/C22H21N5O4/c1-4-26-12-17(19(28)15-7-6-13(3)24-20(15)26)21(29)25-14-8-9-27-18(10-14)16(11-23-27)22(30)31-5-2/h6-12H,4-5H2,1-3H3,(H,25,29). The summed E-state index contributed by atoms with van der Waals surface area (Å²) < 4.78 is 8.33. The van der Waals surface area contributed by atoms with E-state index in [2.05, 4.69) is 15.4 Å². The minimum Gasteiger partial charge on any atom is -0.462 e. The van der Waals surface area contributed by atoms with E-state index < -0.39 is 11.9 Å². The van der Waals surface area contributed by atoms with Crippen LogP contribution in [0.3, 0.4) is 0 Å². The maximum atomic E-state index is 13.0. The first kappa shape index (κ1) is 20.3. The third-order valence-electron chi connectivity index (χ3n) is 4.92. The third-order valence-corrected chi connectivity index (χ3v) is 4.92. The fraction of sp³-hybridized carbons (Fsp3) is 0.227. The highest BCUT2D eigenvalue weighted by Crippen LogP contribution is 2.18. The second-order valence-electron chi connectivity index (χ2n) is 6.96. The van der Waals surface area contributed by atoms with Crippen molar-refractivity contribution in [1.82, 2.24) is 19.2 Å². The average molecular weight is 419 g/mol. The Kier molecular flexibility index (Phi) is 5.24. The van der Waals surface area contributed by atoms with Gasteiger partial charge in [0.25, 0.3) is 5.91 Å². The van der Waals surface area contributed by atoms with Gasteiger partial charge in [0.1, 0.15) is 16.8 Å². The van der Waals surface area contributed by atoms with E-state index in [-0.39, 0.29) is 17.6 Å². The number of rotatable bonds is 5. The van der Waals surface area contributed by atoms with Crippen LogP contribution in [0.25, 0.3) is 16.6 Å². The van der Waals surface area contributed by atoms with Crippen molar-refractivity contribution in [1.29, 1.82) is 0 Å². The maximum Gasteiger partial charge on any atom is 0.341 e. The molecule has 0 radical (unpaired) electrons. The summed E-state index contributed by atoms with van der Waals surface area (Å²) in [5.74, 6) is -1.04. The smallest absolute Gasteiger partial charge is 0.341 e. The molecule has 4 rings (SSSR count). The lowest BCUT2D eigenvalue weighted by molar-refractivity contribution is 0.0528. The van der Waals surface area contributed by atoms with Crippen LogP contribution in [-0.4, -0.2) is 37.6 Å². The summed E-state index contributed by atoms with van der Waals surface area (Å²) in [5, 5.41) is 7.25. The lowest BCUT2D eigenvalue weighted by atomic mass is 10.1. The highest BCUT2D eigenvalue weighted by atomic mass is 16.5. The zero-order chi connectivity index (χ0) is 22.1. The highest BCUT2D eigenvalue weighted by molar-refractivity contribution is 6.06. The average Bonchev–Trinajstić information content (AvgIpc) is 3.17. The predicted molar refractivity (Wildman–Crippen MR) is 116 cm³/mol. The van der Waals surface area contributed by atoms with Gasteiger partial charge in [-0.05, 0) is 45.0 Å². The number of fused-ring (bicyclic) bond motifs is 2. The summed E-state index contributed by atoms with van der Waals surface area (Å²) in [6, 6.07) is 6.68. The molecule has 31 heavy (non-hydrogen) atoms. The Morgan fingerprint density at radius 1 is 1.16 bits per heavy atom. The van der Waals surface area contributed by atoms with E-state index in [4.69, 9.17) is 4.74 Å². The summed E-state index contributed by atoms with van der Waals surface area (Å²) in [5.41, 5.74) is 2.16. The number of aromatic nitrogens is 4. The van der Waals surface area contributed by atoms with Crippen LogP contribution in [0.15, 0.2) is 47.7 Å². The highest BCUT2D eigenvalue weighted by Gasteiger charge is 2.18. The number of pyridine rings is 3. The molecule has 0 unspecified atom stereocenters. The molecule has 0 aliphatic rings. The van der Waals surface area contributed by atoms with Crippen LogP contribution >= 0.6 is 0 Å². The zero-order valence-electron chi connectivity index (χ0n) is 17.4. The monoisotopic (exact) mass is 419 g/mol. The lowest BCUT2D eigenvalue weighted by Crippen LogP contribution is -2.24. The summed E-state index contributed by atoms with van der Waals surface area (Å²) in [6.45, 7) is 6.28. The number of hydrogen-bond acceptors (Lipinski definition) is 6. The Morgan fingerprint density at radius 2 is 1.97 bits per heavy atom. The van der Waals surface area contributed by atoms with Crippen molar-refractivity contribution in [3.63, 3.8) is 0 Å². The van der Waals surface area contributed by atoms with Crippen LogP contribution in [0, 0.1) is 6.92 Å². The number of amides is 1. The Hall–Kier alpha value is -4.01. The molecule has 9 nitrogen and oxygen atoms in total. The molecule has 4 heterocycles. The second kappa shape index (κ2) is 8.02. The topological polar surface area (TPSA) is 108 Å². The lowest BCUT2D eigenvalue weighted by Gasteiger charge is -2.12. The minimum absolute atomic E-state index is 0.0130. The third kappa shape index (κ3) is 3.65. The van der Waals surface area contributed by atoms with E-state index in [1.807, 2.05) is 13.8 Å². The summed E-state index contributed by atoms with van der Waals surface area (Å²) in [6.07, 6.45) is 4.55. The van der Waals surface area contributed by atoms with E-state index in [1.54, 1.807) is 42.0 Å². The normalized spacial score (nSPS) is 11.1. The Bertz CT molecular complexity index is 1390. The molecule has 0 aliphatic heterocycles. The van der Waals surface area contributed by atoms with Gasteiger partial charge in [0, 0.05) is 30.3 Å². The first-order valence-corrected chi connectivity index (χ1v) is 9.89. The molecule has 0 aliphatic carbocycles. The molecule has 1 amide bonds. The number of aryl methyl sites for hydroxylation is 2. The van der Waals surface area contributed by atoms with Crippen LogP contribution in [-0.2, 0) is 11.3 Å². The summed E-state index contributed by atoms with van der Waals surface area (Å²) in [7, 11) is 0. The van der Waals surface area contributed by atoms with Gasteiger partial charge in [-0.2, -0.15) is 5.10 Å². The van der Waals surface area contributed by atoms with Crippen LogP contribution in [0.1, 0.15) is 40.3 Å². The number of anilines is 1. The number of ether oxygens (including phenoxy) is 1. The van der Waals surface area contributed by atoms with E-state index in [9.17, 15) is 14.4 Å². The van der Waals surface area contributed by atoms with Gasteiger partial charge >= 0.3 is 5.97 Å². The van der Waals surface area contributed by atoms with E-state index in [0.717, 1.165) is 5.69 Å². The van der Waals surface area contributed by atoms with Gasteiger partial charge in [-0.25, -0.2) is 14.3 Å². The van der Waals surface area contributed by atoms with Gasteiger partial charge < -0.3 is 14.6 Å². The fourth-order valence-corrected chi connectivity index (χ4v) is 3.39. The molecule has 0 fully saturated rings. The predicted octanol–water partition coefficient (Wildman–Crippen LogP) is 2.80. The van der Waals surface area contributed by atoms with Crippen molar-refractivity contribution in [2.75, 3.05) is 11.9 Å².